The minimum atomic E-state index is -0.693. The van der Waals surface area contributed by atoms with Gasteiger partial charge in [-0.25, -0.2) is 4.98 Å². The van der Waals surface area contributed by atoms with Gasteiger partial charge in [-0.2, -0.15) is 0 Å². The highest BCUT2D eigenvalue weighted by Gasteiger charge is 2.50. The van der Waals surface area contributed by atoms with Gasteiger partial charge in [-0.1, -0.05) is 24.8 Å². The minimum absolute atomic E-state index is 0.0312. The van der Waals surface area contributed by atoms with Gasteiger partial charge < -0.3 is 4.90 Å². The normalized spacial score (nSPS) is 20.6. The van der Waals surface area contributed by atoms with Crippen LogP contribution in [-0.2, 0) is 20.4 Å². The van der Waals surface area contributed by atoms with E-state index < -0.39 is 10.8 Å². The molecule has 0 unspecified atom stereocenters. The van der Waals surface area contributed by atoms with Crippen LogP contribution < -0.4 is 9.80 Å². The predicted octanol–water partition coefficient (Wildman–Crippen LogP) is 5.83. The molecule has 1 aromatic heterocycles. The van der Waals surface area contributed by atoms with Gasteiger partial charge in [0.05, 0.1) is 22.2 Å². The molecule has 5 rings (SSSR count). The van der Waals surface area contributed by atoms with Gasteiger partial charge in [0.25, 0.3) is 0 Å². The molecule has 0 spiro atoms. The number of fused-ring (bicyclic) bond motifs is 2. The van der Waals surface area contributed by atoms with E-state index >= 15 is 0 Å². The van der Waals surface area contributed by atoms with Crippen molar-refractivity contribution in [1.29, 1.82) is 0 Å². The van der Waals surface area contributed by atoms with Gasteiger partial charge in [0.15, 0.2) is 0 Å². The highest BCUT2D eigenvalue weighted by Crippen LogP contribution is 2.50. The van der Waals surface area contributed by atoms with E-state index in [1.54, 1.807) is 17.3 Å². The first-order chi connectivity index (χ1) is 16.5. The lowest BCUT2D eigenvalue weighted by atomic mass is 9.85. The smallest absolute Gasteiger partial charge is 0.242 e. The van der Waals surface area contributed by atoms with Crippen molar-refractivity contribution in [3.8, 4) is 0 Å². The summed E-state index contributed by atoms with van der Waals surface area (Å²) in [6.07, 6.45) is 7.60. The van der Waals surface area contributed by atoms with Crippen molar-refractivity contribution in [2.45, 2.75) is 71.3 Å². The van der Waals surface area contributed by atoms with Gasteiger partial charge in [0, 0.05) is 35.8 Å². The number of hydrogen-bond acceptors (Lipinski definition) is 4. The first-order valence-corrected chi connectivity index (χ1v) is 12.2. The van der Waals surface area contributed by atoms with Crippen LogP contribution in [0.2, 0.25) is 0 Å². The van der Waals surface area contributed by atoms with E-state index in [2.05, 4.69) is 11.6 Å². The monoisotopic (exact) mass is 468 g/mol. The maximum absolute atomic E-state index is 13.7. The molecule has 35 heavy (non-hydrogen) atoms. The Hall–Kier alpha value is -3.54. The summed E-state index contributed by atoms with van der Waals surface area (Å²) in [7, 11) is 0. The van der Waals surface area contributed by atoms with Crippen LogP contribution in [0.15, 0.2) is 53.8 Å². The molecule has 3 heterocycles. The number of pyridine rings is 1. The van der Waals surface area contributed by atoms with Gasteiger partial charge in [0.1, 0.15) is 5.82 Å². The summed E-state index contributed by atoms with van der Waals surface area (Å²) >= 11 is 0. The SMILES string of the molecule is C=C(C)/N=C\C(=C/C)c1ccc2c(c1)N(c1cc3c(cn1)C(C)(C)C(=O)N3C1CC1)C(=O)C2(C)C. The Morgan fingerprint density at radius 1 is 1.06 bits per heavy atom. The van der Waals surface area contributed by atoms with Gasteiger partial charge in [0.2, 0.25) is 11.8 Å². The number of carbonyl (C=O) groups excluding carboxylic acids is 2. The lowest BCUT2D eigenvalue weighted by Crippen LogP contribution is -2.37. The fourth-order valence-electron chi connectivity index (χ4n) is 5.11. The van der Waals surface area contributed by atoms with Gasteiger partial charge >= 0.3 is 0 Å². The maximum atomic E-state index is 13.7. The highest BCUT2D eigenvalue weighted by atomic mass is 16.2. The lowest BCUT2D eigenvalue weighted by Gasteiger charge is -2.22. The van der Waals surface area contributed by atoms with Crippen LogP contribution in [0.3, 0.4) is 0 Å². The van der Waals surface area contributed by atoms with E-state index in [1.165, 1.54) is 0 Å². The quantitative estimate of drug-likeness (QED) is 0.519. The van der Waals surface area contributed by atoms with E-state index in [-0.39, 0.29) is 17.9 Å². The number of allylic oxidation sites excluding steroid dienone is 3. The third-order valence-corrected chi connectivity index (χ3v) is 7.41. The number of anilines is 3. The van der Waals surface area contributed by atoms with Gasteiger partial charge in [-0.3, -0.25) is 19.5 Å². The topological polar surface area (TPSA) is 65.9 Å². The Morgan fingerprint density at radius 3 is 2.37 bits per heavy atom. The number of rotatable bonds is 5. The fraction of sp³-hybridized carbons (Fsp3) is 0.379. The zero-order valence-corrected chi connectivity index (χ0v) is 21.3. The van der Waals surface area contributed by atoms with E-state index in [1.807, 2.05) is 76.8 Å². The van der Waals surface area contributed by atoms with Crippen LogP contribution in [0.1, 0.15) is 71.1 Å². The molecule has 0 radical (unpaired) electrons. The first-order valence-electron chi connectivity index (χ1n) is 12.2. The van der Waals surface area contributed by atoms with Crippen molar-refractivity contribution < 1.29 is 9.59 Å². The molecule has 0 N–H and O–H groups in total. The number of amides is 2. The summed E-state index contributed by atoms with van der Waals surface area (Å²) in [6.45, 7) is 15.5. The Kier molecular flexibility index (Phi) is 5.13. The summed E-state index contributed by atoms with van der Waals surface area (Å²) in [6, 6.07) is 8.26. The molecular formula is C29H32N4O2. The van der Waals surface area contributed by atoms with Crippen molar-refractivity contribution in [3.05, 3.63) is 65.5 Å². The van der Waals surface area contributed by atoms with E-state index in [4.69, 9.17) is 4.98 Å². The third-order valence-electron chi connectivity index (χ3n) is 7.41. The second-order valence-corrected chi connectivity index (χ2v) is 10.8. The van der Waals surface area contributed by atoms with Crippen LogP contribution in [0.4, 0.5) is 17.2 Å². The first kappa shape index (κ1) is 23.2. The number of benzene rings is 1. The molecular weight excluding hydrogens is 436 g/mol. The summed E-state index contributed by atoms with van der Waals surface area (Å²) in [5, 5.41) is 0. The van der Waals surface area contributed by atoms with Crippen molar-refractivity contribution in [2.75, 3.05) is 9.80 Å². The third kappa shape index (κ3) is 3.46. The Bertz CT molecular complexity index is 1340. The molecule has 1 fully saturated rings. The zero-order valence-electron chi connectivity index (χ0n) is 21.3. The van der Waals surface area contributed by atoms with Crippen molar-refractivity contribution in [1.82, 2.24) is 4.98 Å². The molecule has 0 atom stereocenters. The Balaban J connectivity index is 1.63. The second-order valence-electron chi connectivity index (χ2n) is 10.8. The average Bonchev–Trinajstić information content (AvgIpc) is 3.58. The van der Waals surface area contributed by atoms with Gasteiger partial charge in [-0.05, 0) is 77.2 Å². The van der Waals surface area contributed by atoms with Crippen LogP contribution in [0.5, 0.6) is 0 Å². The molecule has 2 aliphatic heterocycles. The molecule has 0 saturated heterocycles. The van der Waals surface area contributed by atoms with Crippen LogP contribution in [0.25, 0.3) is 5.57 Å². The van der Waals surface area contributed by atoms with Crippen molar-refractivity contribution in [2.24, 2.45) is 4.99 Å². The number of nitrogens with zero attached hydrogens (tertiary/aromatic N) is 4. The van der Waals surface area contributed by atoms with Crippen molar-refractivity contribution in [3.63, 3.8) is 0 Å². The molecule has 2 amide bonds. The van der Waals surface area contributed by atoms with Crippen LogP contribution in [0, 0.1) is 0 Å². The number of aromatic nitrogens is 1. The van der Waals surface area contributed by atoms with Crippen LogP contribution >= 0.6 is 0 Å². The molecule has 180 valence electrons. The second kappa shape index (κ2) is 7.74. The summed E-state index contributed by atoms with van der Waals surface area (Å²) in [4.78, 5) is 39.7. The standard InChI is InChI=1S/C29H32N4O2/c1-8-18(15-30-17(2)3)19-9-12-21-23(13-19)33(27(35)28(21,4)5)25-14-24-22(16-31-25)29(6,7)26(34)32(24)20-10-11-20/h8-9,12-16,20H,2,10-11H2,1,3-7H3/b18-8+,30-15-. The maximum Gasteiger partial charge on any atom is 0.242 e. The highest BCUT2D eigenvalue weighted by molar-refractivity contribution is 6.15. The van der Waals surface area contributed by atoms with Crippen LogP contribution in [-0.4, -0.2) is 29.1 Å². The lowest BCUT2D eigenvalue weighted by molar-refractivity contribution is -0.122. The Labute approximate surface area is 207 Å². The molecule has 1 aromatic carbocycles. The number of carbonyl (C=O) groups is 2. The Morgan fingerprint density at radius 2 is 1.74 bits per heavy atom. The average molecular weight is 469 g/mol. The summed E-state index contributed by atoms with van der Waals surface area (Å²) in [5.41, 5.74) is 4.89. The number of aliphatic imine (C=N–C) groups is 1. The van der Waals surface area contributed by atoms with E-state index in [0.717, 1.165) is 52.2 Å². The van der Waals surface area contributed by atoms with Crippen molar-refractivity contribution >= 4 is 40.8 Å². The largest absolute Gasteiger partial charge is 0.308 e. The molecule has 1 aliphatic carbocycles. The van der Waals surface area contributed by atoms with E-state index in [9.17, 15) is 9.59 Å². The molecule has 0 bridgehead atoms. The predicted molar refractivity (Wildman–Crippen MR) is 141 cm³/mol. The zero-order chi connectivity index (χ0) is 25.3. The molecule has 2 aromatic rings. The van der Waals surface area contributed by atoms with E-state index in [0.29, 0.717) is 5.82 Å². The number of hydrogen-bond donors (Lipinski definition) is 0. The molecule has 1 saturated carbocycles. The molecule has 6 heteroatoms. The fourth-order valence-corrected chi connectivity index (χ4v) is 5.11. The molecule has 6 nitrogen and oxygen atoms in total. The minimum Gasteiger partial charge on any atom is -0.308 e. The van der Waals surface area contributed by atoms with Gasteiger partial charge in [-0.15, -0.1) is 0 Å². The molecule has 3 aliphatic rings. The summed E-state index contributed by atoms with van der Waals surface area (Å²) < 4.78 is 0. The summed E-state index contributed by atoms with van der Waals surface area (Å²) in [5.74, 6) is 0.627.